The quantitative estimate of drug-likeness (QED) is 0.448. The van der Waals surface area contributed by atoms with Crippen molar-refractivity contribution in [3.63, 3.8) is 0 Å². The Labute approximate surface area is 124 Å². The van der Waals surface area contributed by atoms with Gasteiger partial charge in [0.1, 0.15) is 11.6 Å². The molecule has 0 N–H and O–H groups in total. The predicted molar refractivity (Wildman–Crippen MR) is 71.6 cm³/mol. The Kier molecular flexibility index (Phi) is 5.63. The molecule has 0 unspecified atom stereocenters. The molecule has 2 aromatic rings. The van der Waals surface area contributed by atoms with Gasteiger partial charge in [0, 0.05) is 11.1 Å². The molecule has 0 amide bonds. The van der Waals surface area contributed by atoms with Crippen molar-refractivity contribution in [1.29, 1.82) is 0 Å². The Balaban J connectivity index is 0.000000220. The fraction of sp³-hybridized carbons (Fsp3) is 0.250. The van der Waals surface area contributed by atoms with Crippen molar-refractivity contribution in [2.24, 2.45) is 0 Å². The second-order valence-corrected chi connectivity index (χ2v) is 4.86. The van der Waals surface area contributed by atoms with Gasteiger partial charge in [0.05, 0.1) is 0 Å². The van der Waals surface area contributed by atoms with Crippen LogP contribution in [0.3, 0.4) is 0 Å². The van der Waals surface area contributed by atoms with E-state index in [0.717, 1.165) is 12.1 Å². The van der Waals surface area contributed by atoms with Crippen molar-refractivity contribution in [3.05, 3.63) is 69.3 Å². The zero-order valence-electron chi connectivity index (χ0n) is 12.4. The maximum atomic E-state index is 12.6. The van der Waals surface area contributed by atoms with E-state index in [-0.39, 0.29) is 22.3 Å². The van der Waals surface area contributed by atoms with Gasteiger partial charge in [-0.2, -0.15) is 0 Å². The van der Waals surface area contributed by atoms with Gasteiger partial charge >= 0.3 is 0 Å². The van der Waals surface area contributed by atoms with Crippen molar-refractivity contribution in [3.8, 4) is 0 Å². The predicted octanol–water partition coefficient (Wildman–Crippen LogP) is 5.44. The number of hydrogen-bond acceptors (Lipinski definition) is 0. The number of halogens is 6. The minimum atomic E-state index is -1.09. The van der Waals surface area contributed by atoms with E-state index >= 15 is 0 Å². The Hall–Kier alpha value is -1.98. The first-order valence-corrected chi connectivity index (χ1v) is 6.29. The molecule has 0 heterocycles. The van der Waals surface area contributed by atoms with Crippen molar-refractivity contribution >= 4 is 0 Å². The number of benzene rings is 2. The molecule has 0 aromatic heterocycles. The minimum Gasteiger partial charge on any atom is -0.207 e. The third-order valence-corrected chi connectivity index (χ3v) is 3.14. The summed E-state index contributed by atoms with van der Waals surface area (Å²) < 4.78 is 75.8. The molecule has 0 atom stereocenters. The monoisotopic (exact) mass is 320 g/mol. The highest BCUT2D eigenvalue weighted by Crippen LogP contribution is 2.18. The summed E-state index contributed by atoms with van der Waals surface area (Å²) in [6.07, 6.45) is 0. The molecule has 0 aliphatic rings. The van der Waals surface area contributed by atoms with Crippen LogP contribution in [-0.4, -0.2) is 0 Å². The van der Waals surface area contributed by atoms with Gasteiger partial charge in [0.25, 0.3) is 0 Å². The number of aryl methyl sites for hydroxylation is 2. The largest absolute Gasteiger partial charge is 0.207 e. The third-order valence-electron chi connectivity index (χ3n) is 3.14. The molecular formula is C16H14F6. The average molecular weight is 320 g/mol. The highest BCUT2D eigenvalue weighted by molar-refractivity contribution is 5.26. The average Bonchev–Trinajstić information content (AvgIpc) is 2.47. The van der Waals surface area contributed by atoms with Crippen molar-refractivity contribution in [2.45, 2.75) is 27.7 Å². The van der Waals surface area contributed by atoms with Crippen LogP contribution in [-0.2, 0) is 0 Å². The van der Waals surface area contributed by atoms with Crippen LogP contribution in [0.1, 0.15) is 22.3 Å². The van der Waals surface area contributed by atoms with Gasteiger partial charge in [-0.15, -0.1) is 0 Å². The second kappa shape index (κ2) is 6.85. The maximum Gasteiger partial charge on any atom is 0.164 e. The minimum absolute atomic E-state index is 0.00870. The van der Waals surface area contributed by atoms with E-state index in [1.54, 1.807) is 0 Å². The summed E-state index contributed by atoms with van der Waals surface area (Å²) in [7, 11) is 0. The zero-order valence-corrected chi connectivity index (χ0v) is 12.4. The molecule has 0 bridgehead atoms. The van der Waals surface area contributed by atoms with E-state index in [1.165, 1.54) is 27.7 Å². The molecule has 0 aliphatic carbocycles. The molecule has 0 saturated heterocycles. The fourth-order valence-corrected chi connectivity index (χ4v) is 1.61. The van der Waals surface area contributed by atoms with E-state index in [1.807, 2.05) is 0 Å². The lowest BCUT2D eigenvalue weighted by atomic mass is 10.1. The lowest BCUT2D eigenvalue weighted by Gasteiger charge is -2.01. The van der Waals surface area contributed by atoms with E-state index in [9.17, 15) is 26.3 Å². The van der Waals surface area contributed by atoms with Gasteiger partial charge in [-0.1, -0.05) is 0 Å². The molecule has 0 fully saturated rings. The number of hydrogen-bond donors (Lipinski definition) is 0. The van der Waals surface area contributed by atoms with Crippen LogP contribution < -0.4 is 0 Å². The van der Waals surface area contributed by atoms with Gasteiger partial charge in [-0.25, -0.2) is 26.3 Å². The molecule has 0 radical (unpaired) electrons. The summed E-state index contributed by atoms with van der Waals surface area (Å²) in [6.45, 7) is 5.04. The molecule has 0 aliphatic heterocycles. The maximum absolute atomic E-state index is 12.6. The van der Waals surface area contributed by atoms with Crippen LogP contribution in [0.4, 0.5) is 26.3 Å². The Morgan fingerprint density at radius 2 is 0.773 bits per heavy atom. The van der Waals surface area contributed by atoms with Gasteiger partial charge in [0.2, 0.25) is 0 Å². The standard InChI is InChI=1S/2C8H7F3/c2*1-4-3-6(9)5(2)8(11)7(4)10/h2*3H,1-2H3. The first-order valence-electron chi connectivity index (χ1n) is 6.29. The fourth-order valence-electron chi connectivity index (χ4n) is 1.61. The SMILES string of the molecule is Cc1cc(F)c(C)c(F)c1F.Cc1cc(F)c(C)c(F)c1F. The van der Waals surface area contributed by atoms with Crippen LogP contribution in [0.15, 0.2) is 12.1 Å². The summed E-state index contributed by atoms with van der Waals surface area (Å²) in [5.41, 5.74) is -0.558. The lowest BCUT2D eigenvalue weighted by molar-refractivity contribution is 0.480. The van der Waals surface area contributed by atoms with E-state index in [0.29, 0.717) is 0 Å². The van der Waals surface area contributed by atoms with Crippen LogP contribution in [0.2, 0.25) is 0 Å². The second-order valence-electron chi connectivity index (χ2n) is 4.86. The topological polar surface area (TPSA) is 0 Å². The molecule has 2 aromatic carbocycles. The smallest absolute Gasteiger partial charge is 0.164 e. The van der Waals surface area contributed by atoms with Crippen LogP contribution >= 0.6 is 0 Å². The van der Waals surface area contributed by atoms with Gasteiger partial charge in [-0.05, 0) is 51.0 Å². The lowest BCUT2D eigenvalue weighted by Crippen LogP contribution is -1.96. The van der Waals surface area contributed by atoms with Gasteiger partial charge < -0.3 is 0 Å². The van der Waals surface area contributed by atoms with Gasteiger partial charge in [-0.3, -0.25) is 0 Å². The van der Waals surface area contributed by atoms with Crippen LogP contribution in [0, 0.1) is 62.6 Å². The van der Waals surface area contributed by atoms with E-state index in [2.05, 4.69) is 0 Å². The molecular weight excluding hydrogens is 306 g/mol. The third kappa shape index (κ3) is 3.61. The Bertz CT molecular complexity index is 593. The molecule has 6 heteroatoms. The summed E-state index contributed by atoms with van der Waals surface area (Å²) in [4.78, 5) is 0. The molecule has 0 spiro atoms. The van der Waals surface area contributed by atoms with E-state index in [4.69, 9.17) is 0 Å². The van der Waals surface area contributed by atoms with Crippen LogP contribution in [0.25, 0.3) is 0 Å². The normalized spacial score (nSPS) is 10.3. The Morgan fingerprint density at radius 1 is 0.500 bits per heavy atom. The molecule has 22 heavy (non-hydrogen) atoms. The van der Waals surface area contributed by atoms with Crippen LogP contribution in [0.5, 0.6) is 0 Å². The summed E-state index contributed by atoms with van der Waals surface area (Å²) >= 11 is 0. The highest BCUT2D eigenvalue weighted by atomic mass is 19.2. The van der Waals surface area contributed by atoms with E-state index < -0.39 is 34.9 Å². The van der Waals surface area contributed by atoms with Crippen molar-refractivity contribution in [2.75, 3.05) is 0 Å². The summed E-state index contributed by atoms with van der Waals surface area (Å²) in [5, 5.41) is 0. The van der Waals surface area contributed by atoms with Gasteiger partial charge in [0.15, 0.2) is 23.3 Å². The zero-order chi connectivity index (χ0) is 17.2. The Morgan fingerprint density at radius 3 is 1.05 bits per heavy atom. The molecule has 120 valence electrons. The van der Waals surface area contributed by atoms with Crippen molar-refractivity contribution < 1.29 is 26.3 Å². The van der Waals surface area contributed by atoms with Crippen molar-refractivity contribution in [1.82, 2.24) is 0 Å². The molecule has 2 rings (SSSR count). The first-order chi connectivity index (χ1) is 10.1. The number of rotatable bonds is 0. The summed E-state index contributed by atoms with van der Waals surface area (Å²) in [5.74, 6) is -5.54. The molecule has 0 nitrogen and oxygen atoms in total. The molecule has 0 saturated carbocycles. The highest BCUT2D eigenvalue weighted by Gasteiger charge is 2.13. The summed E-state index contributed by atoms with van der Waals surface area (Å²) in [6, 6.07) is 1.96. The first kappa shape index (κ1) is 18.1.